The number of ether oxygens (including phenoxy) is 1. The van der Waals surface area contributed by atoms with Crippen LogP contribution in [-0.4, -0.2) is 18.5 Å². The number of benzene rings is 2. The van der Waals surface area contributed by atoms with Gasteiger partial charge in [-0.3, -0.25) is 9.69 Å². The first kappa shape index (κ1) is 27.0. The lowest BCUT2D eigenvalue weighted by molar-refractivity contribution is -0.119. The van der Waals surface area contributed by atoms with E-state index < -0.39 is 5.41 Å². The van der Waals surface area contributed by atoms with Gasteiger partial charge >= 0.3 is 5.97 Å². The Morgan fingerprint density at radius 2 is 1.80 bits per heavy atom. The van der Waals surface area contributed by atoms with Crippen LogP contribution in [0.3, 0.4) is 0 Å². The lowest BCUT2D eigenvalue weighted by atomic mass is 9.68. The Hall–Kier alpha value is -2.59. The van der Waals surface area contributed by atoms with Gasteiger partial charge in [0.15, 0.2) is 0 Å². The van der Waals surface area contributed by atoms with E-state index in [-0.39, 0.29) is 23.2 Å². The van der Waals surface area contributed by atoms with Gasteiger partial charge in [-0.25, -0.2) is 4.79 Å². The van der Waals surface area contributed by atoms with Crippen LogP contribution in [0.25, 0.3) is 0 Å². The lowest BCUT2D eigenvalue weighted by Gasteiger charge is -2.41. The Kier molecular flexibility index (Phi) is 8.16. The Morgan fingerprint density at radius 1 is 1.14 bits per heavy atom. The van der Waals surface area contributed by atoms with Gasteiger partial charge in [0.1, 0.15) is 0 Å². The monoisotopic (exact) mass is 495 g/mol. The predicted molar refractivity (Wildman–Crippen MR) is 144 cm³/mol. The number of rotatable bonds is 7. The highest BCUT2D eigenvalue weighted by Gasteiger charge is 2.40. The summed E-state index contributed by atoms with van der Waals surface area (Å²) in [6.45, 7) is 15.3. The van der Waals surface area contributed by atoms with Crippen LogP contribution in [-0.2, 0) is 21.4 Å². The highest BCUT2D eigenvalue weighted by atomic mass is 35.5. The number of aryl methyl sites for hydroxylation is 1. The van der Waals surface area contributed by atoms with Gasteiger partial charge in [-0.15, -0.1) is 0 Å². The number of carbonyl (C=O) groups is 2. The molecule has 188 valence electrons. The second kappa shape index (κ2) is 10.6. The largest absolute Gasteiger partial charge is 0.462 e. The zero-order chi connectivity index (χ0) is 26.0. The first-order valence-corrected chi connectivity index (χ1v) is 12.8. The minimum atomic E-state index is -0.446. The molecule has 0 unspecified atom stereocenters. The van der Waals surface area contributed by atoms with Crippen LogP contribution in [0.5, 0.6) is 0 Å². The molecule has 0 fully saturated rings. The van der Waals surface area contributed by atoms with Gasteiger partial charge in [-0.2, -0.15) is 0 Å². The van der Waals surface area contributed by atoms with Gasteiger partial charge in [-0.1, -0.05) is 65.3 Å². The number of nitrogens with zero attached hydrogens (tertiary/aromatic N) is 1. The summed E-state index contributed by atoms with van der Waals surface area (Å²) in [7, 11) is 0. The van der Waals surface area contributed by atoms with Gasteiger partial charge in [-0.05, 0) is 78.1 Å². The minimum Gasteiger partial charge on any atom is -0.462 e. The molecular formula is C30H38ClNO3. The zero-order valence-corrected chi connectivity index (χ0v) is 22.8. The van der Waals surface area contributed by atoms with Crippen molar-refractivity contribution >= 4 is 29.2 Å². The molecule has 1 heterocycles. The fraction of sp³-hybridized carbons (Fsp3) is 0.467. The molecule has 0 spiro atoms. The number of anilines is 1. The quantitative estimate of drug-likeness (QED) is 0.369. The van der Waals surface area contributed by atoms with Crippen molar-refractivity contribution in [2.45, 2.75) is 73.1 Å². The van der Waals surface area contributed by atoms with Crippen molar-refractivity contribution in [2.24, 2.45) is 11.3 Å². The van der Waals surface area contributed by atoms with E-state index in [1.54, 1.807) is 36.1 Å². The first-order chi connectivity index (χ1) is 16.4. The van der Waals surface area contributed by atoms with Gasteiger partial charge < -0.3 is 4.74 Å². The Labute approximate surface area is 215 Å². The molecule has 2 aromatic carbocycles. The fourth-order valence-corrected chi connectivity index (χ4v) is 4.97. The van der Waals surface area contributed by atoms with Gasteiger partial charge in [0, 0.05) is 28.7 Å². The number of amides is 1. The molecular weight excluding hydrogens is 458 g/mol. The molecule has 5 heteroatoms. The van der Waals surface area contributed by atoms with Crippen LogP contribution in [0.2, 0.25) is 5.02 Å². The molecule has 2 aromatic rings. The molecule has 0 radical (unpaired) electrons. The zero-order valence-electron chi connectivity index (χ0n) is 22.1. The molecule has 0 saturated carbocycles. The molecule has 1 aliphatic rings. The smallest absolute Gasteiger partial charge is 0.338 e. The van der Waals surface area contributed by atoms with E-state index in [4.69, 9.17) is 16.3 Å². The standard InChI is InChI=1S/C30H38ClNO3/c1-8-35-28(34)22-10-13-24(14-11-22)32-19-25(20(2)3)30(7,18-27(32)33)23-12-9-21(26(31)17-23)15-16-29(4,5)6/h9-14,17,19-20H,8,15-16,18H2,1-7H3/t30-/m0/s1. The molecule has 0 aliphatic carbocycles. The number of hydrogen-bond acceptors (Lipinski definition) is 3. The highest BCUT2D eigenvalue weighted by Crippen LogP contribution is 2.44. The number of carbonyl (C=O) groups excluding carboxylic acids is 2. The van der Waals surface area contributed by atoms with E-state index in [1.807, 2.05) is 12.3 Å². The van der Waals surface area contributed by atoms with Crippen LogP contribution in [0.15, 0.2) is 54.2 Å². The summed E-state index contributed by atoms with van der Waals surface area (Å²) in [5.74, 6) is -0.125. The maximum absolute atomic E-state index is 13.4. The molecule has 4 nitrogen and oxygen atoms in total. The van der Waals surface area contributed by atoms with Crippen LogP contribution in [0.1, 0.15) is 82.8 Å². The molecule has 0 bridgehead atoms. The topological polar surface area (TPSA) is 46.6 Å². The van der Waals surface area contributed by atoms with Crippen LogP contribution in [0.4, 0.5) is 5.69 Å². The normalized spacial score (nSPS) is 18.6. The molecule has 1 atom stereocenters. The highest BCUT2D eigenvalue weighted by molar-refractivity contribution is 6.31. The first-order valence-electron chi connectivity index (χ1n) is 12.5. The summed E-state index contributed by atoms with van der Waals surface area (Å²) in [4.78, 5) is 27.1. The Balaban J connectivity index is 1.93. The summed E-state index contributed by atoms with van der Waals surface area (Å²) in [6, 6.07) is 13.3. The third kappa shape index (κ3) is 6.16. The van der Waals surface area contributed by atoms with Crippen molar-refractivity contribution in [3.05, 3.63) is 76.0 Å². The summed E-state index contributed by atoms with van der Waals surface area (Å²) >= 11 is 6.74. The maximum Gasteiger partial charge on any atom is 0.338 e. The summed E-state index contributed by atoms with van der Waals surface area (Å²) in [5, 5.41) is 0.764. The summed E-state index contributed by atoms with van der Waals surface area (Å²) in [6.07, 6.45) is 4.30. The second-order valence-electron chi connectivity index (χ2n) is 11.1. The van der Waals surface area contributed by atoms with Crippen LogP contribution < -0.4 is 4.90 Å². The van der Waals surface area contributed by atoms with E-state index >= 15 is 0 Å². The van der Waals surface area contributed by atoms with E-state index in [1.165, 1.54) is 5.57 Å². The van der Waals surface area contributed by atoms with E-state index in [0.717, 1.165) is 34.7 Å². The van der Waals surface area contributed by atoms with Crippen LogP contribution >= 0.6 is 11.6 Å². The number of esters is 1. The molecule has 0 N–H and O–H groups in total. The minimum absolute atomic E-state index is 0.00807. The van der Waals surface area contributed by atoms with Crippen molar-refractivity contribution < 1.29 is 14.3 Å². The fourth-order valence-electron chi connectivity index (χ4n) is 4.69. The number of allylic oxidation sites excluding steroid dienone is 1. The van der Waals surface area contributed by atoms with Crippen molar-refractivity contribution in [3.8, 4) is 0 Å². The summed E-state index contributed by atoms with van der Waals surface area (Å²) < 4.78 is 5.07. The molecule has 1 aliphatic heterocycles. The maximum atomic E-state index is 13.4. The molecule has 35 heavy (non-hydrogen) atoms. The molecule has 1 amide bonds. The van der Waals surface area contributed by atoms with E-state index in [9.17, 15) is 9.59 Å². The second-order valence-corrected chi connectivity index (χ2v) is 11.6. The van der Waals surface area contributed by atoms with Crippen molar-refractivity contribution in [1.82, 2.24) is 0 Å². The van der Waals surface area contributed by atoms with Gasteiger partial charge in [0.25, 0.3) is 0 Å². The van der Waals surface area contributed by atoms with E-state index in [2.05, 4.69) is 53.7 Å². The van der Waals surface area contributed by atoms with Gasteiger partial charge in [0.2, 0.25) is 5.91 Å². The SMILES string of the molecule is CCOC(=O)c1ccc(N2C=C(C(C)C)[C@](C)(c3ccc(CCC(C)(C)C)c(Cl)c3)CC2=O)cc1. The Morgan fingerprint density at radius 3 is 2.34 bits per heavy atom. The molecule has 0 aromatic heterocycles. The third-order valence-electron chi connectivity index (χ3n) is 6.79. The molecule has 3 rings (SSSR count). The Bertz CT molecular complexity index is 1110. The van der Waals surface area contributed by atoms with E-state index in [0.29, 0.717) is 18.6 Å². The van der Waals surface area contributed by atoms with Crippen LogP contribution in [0, 0.1) is 11.3 Å². The predicted octanol–water partition coefficient (Wildman–Crippen LogP) is 7.73. The number of hydrogen-bond donors (Lipinski definition) is 0. The average Bonchev–Trinajstić information content (AvgIpc) is 2.77. The lowest BCUT2D eigenvalue weighted by Crippen LogP contribution is -2.42. The summed E-state index contributed by atoms with van der Waals surface area (Å²) in [5.41, 5.74) is 4.39. The molecule has 0 saturated heterocycles. The average molecular weight is 496 g/mol. The van der Waals surface area contributed by atoms with Crippen molar-refractivity contribution in [3.63, 3.8) is 0 Å². The van der Waals surface area contributed by atoms with Gasteiger partial charge in [0.05, 0.1) is 12.2 Å². The number of halogens is 1. The van der Waals surface area contributed by atoms with Crippen molar-refractivity contribution in [2.75, 3.05) is 11.5 Å². The van der Waals surface area contributed by atoms with Crippen molar-refractivity contribution in [1.29, 1.82) is 0 Å². The third-order valence-corrected chi connectivity index (χ3v) is 7.14.